The second-order valence-electron chi connectivity index (χ2n) is 5.32. The Morgan fingerprint density at radius 1 is 1.47 bits per heavy atom. The molecule has 1 saturated carbocycles. The maximum absolute atomic E-state index is 6.27. The summed E-state index contributed by atoms with van der Waals surface area (Å²) in [5.41, 5.74) is 8.55. The van der Waals surface area contributed by atoms with E-state index in [9.17, 15) is 0 Å². The summed E-state index contributed by atoms with van der Waals surface area (Å²) >= 11 is 3.60. The van der Waals surface area contributed by atoms with Crippen molar-refractivity contribution in [1.82, 2.24) is 9.78 Å². The summed E-state index contributed by atoms with van der Waals surface area (Å²) in [6, 6.07) is 0.268. The summed E-state index contributed by atoms with van der Waals surface area (Å²) in [7, 11) is 2.00. The average molecular weight is 300 g/mol. The minimum Gasteiger partial charge on any atom is -0.327 e. The monoisotopic (exact) mass is 299 g/mol. The largest absolute Gasteiger partial charge is 0.327 e. The highest BCUT2D eigenvalue weighted by atomic mass is 79.9. The number of rotatable bonds is 4. The van der Waals surface area contributed by atoms with E-state index in [1.807, 2.05) is 18.7 Å². The lowest BCUT2D eigenvalue weighted by Gasteiger charge is -2.16. The van der Waals surface area contributed by atoms with Crippen LogP contribution in [0.1, 0.15) is 43.5 Å². The molecular formula is C13H22BrN3. The van der Waals surface area contributed by atoms with Crippen molar-refractivity contribution in [3.63, 3.8) is 0 Å². The topological polar surface area (TPSA) is 43.8 Å². The highest BCUT2D eigenvalue weighted by Crippen LogP contribution is 2.29. The van der Waals surface area contributed by atoms with Gasteiger partial charge in [0.2, 0.25) is 0 Å². The van der Waals surface area contributed by atoms with E-state index in [2.05, 4.69) is 21.0 Å². The Morgan fingerprint density at radius 2 is 2.12 bits per heavy atom. The maximum atomic E-state index is 6.27. The fraction of sp³-hybridized carbons (Fsp3) is 0.769. The van der Waals surface area contributed by atoms with Crippen LogP contribution in [-0.4, -0.2) is 15.8 Å². The van der Waals surface area contributed by atoms with Crippen LogP contribution in [0.2, 0.25) is 0 Å². The van der Waals surface area contributed by atoms with Gasteiger partial charge < -0.3 is 5.73 Å². The number of hydrogen-bond acceptors (Lipinski definition) is 2. The van der Waals surface area contributed by atoms with Gasteiger partial charge in [-0.05, 0) is 35.2 Å². The first-order valence-corrected chi connectivity index (χ1v) is 7.30. The lowest BCUT2D eigenvalue weighted by molar-refractivity contribution is 0.434. The molecule has 1 fully saturated rings. The zero-order chi connectivity index (χ0) is 12.4. The van der Waals surface area contributed by atoms with Crippen LogP contribution in [-0.2, 0) is 13.5 Å². The lowest BCUT2D eigenvalue weighted by atomic mass is 9.96. The molecule has 0 aliphatic heterocycles. The van der Waals surface area contributed by atoms with Gasteiger partial charge in [0.15, 0.2) is 0 Å². The molecule has 3 nitrogen and oxygen atoms in total. The summed E-state index contributed by atoms with van der Waals surface area (Å²) in [6.07, 6.45) is 7.63. The molecule has 0 saturated heterocycles. The first-order valence-electron chi connectivity index (χ1n) is 6.51. The second kappa shape index (κ2) is 5.53. The lowest BCUT2D eigenvalue weighted by Crippen LogP contribution is -2.26. The zero-order valence-corrected chi connectivity index (χ0v) is 12.3. The number of hydrogen-bond donors (Lipinski definition) is 1. The van der Waals surface area contributed by atoms with Crippen LogP contribution in [0.4, 0.5) is 0 Å². The normalized spacial score (nSPS) is 18.8. The summed E-state index contributed by atoms with van der Waals surface area (Å²) in [5.74, 6) is 0.859. The third kappa shape index (κ3) is 3.10. The Labute approximate surface area is 112 Å². The van der Waals surface area contributed by atoms with Gasteiger partial charge in [-0.25, -0.2) is 0 Å². The molecular weight excluding hydrogens is 278 g/mol. The molecule has 1 unspecified atom stereocenters. The Balaban J connectivity index is 1.95. The van der Waals surface area contributed by atoms with Gasteiger partial charge in [0.25, 0.3) is 0 Å². The van der Waals surface area contributed by atoms with E-state index in [1.54, 1.807) is 0 Å². The first kappa shape index (κ1) is 13.1. The van der Waals surface area contributed by atoms with Gasteiger partial charge in [-0.3, -0.25) is 4.68 Å². The van der Waals surface area contributed by atoms with Crippen molar-refractivity contribution < 1.29 is 0 Å². The number of nitrogens with zero attached hydrogens (tertiary/aromatic N) is 2. The van der Waals surface area contributed by atoms with Gasteiger partial charge >= 0.3 is 0 Å². The smallest absolute Gasteiger partial charge is 0.0738 e. The summed E-state index contributed by atoms with van der Waals surface area (Å²) < 4.78 is 3.08. The standard InChI is InChI=1S/C13H22BrN3/c1-9-13(14)12(17(2)16-9)8-11(15)7-10-5-3-4-6-10/h10-11H,3-8,15H2,1-2H3. The molecule has 0 amide bonds. The van der Waals surface area contributed by atoms with E-state index in [0.717, 1.165) is 28.9 Å². The van der Waals surface area contributed by atoms with E-state index >= 15 is 0 Å². The number of aromatic nitrogens is 2. The minimum absolute atomic E-state index is 0.268. The Bertz CT molecular complexity index is 380. The highest BCUT2D eigenvalue weighted by Gasteiger charge is 2.20. The number of aryl methyl sites for hydroxylation is 2. The average Bonchev–Trinajstić information content (AvgIpc) is 2.83. The van der Waals surface area contributed by atoms with Crippen molar-refractivity contribution in [2.45, 2.75) is 51.5 Å². The van der Waals surface area contributed by atoms with Crippen LogP contribution in [0.3, 0.4) is 0 Å². The predicted molar refractivity (Wildman–Crippen MR) is 73.9 cm³/mol. The van der Waals surface area contributed by atoms with Crippen LogP contribution < -0.4 is 5.73 Å². The van der Waals surface area contributed by atoms with E-state index in [-0.39, 0.29) is 6.04 Å². The summed E-state index contributed by atoms with van der Waals surface area (Å²) in [4.78, 5) is 0. The molecule has 1 aliphatic rings. The molecule has 1 aliphatic carbocycles. The van der Waals surface area contributed by atoms with Gasteiger partial charge in [-0.2, -0.15) is 5.10 Å². The fourth-order valence-electron chi connectivity index (χ4n) is 2.91. The van der Waals surface area contributed by atoms with Crippen molar-refractivity contribution in [2.24, 2.45) is 18.7 Å². The van der Waals surface area contributed by atoms with Gasteiger partial charge in [-0.1, -0.05) is 25.7 Å². The van der Waals surface area contributed by atoms with E-state index in [1.165, 1.54) is 31.4 Å². The van der Waals surface area contributed by atoms with Crippen LogP contribution in [0.15, 0.2) is 4.47 Å². The van der Waals surface area contributed by atoms with Crippen molar-refractivity contribution in [1.29, 1.82) is 0 Å². The van der Waals surface area contributed by atoms with Crippen molar-refractivity contribution >= 4 is 15.9 Å². The van der Waals surface area contributed by atoms with Crippen LogP contribution in [0.25, 0.3) is 0 Å². The van der Waals surface area contributed by atoms with Gasteiger partial charge in [-0.15, -0.1) is 0 Å². The molecule has 2 rings (SSSR count). The highest BCUT2D eigenvalue weighted by molar-refractivity contribution is 9.10. The number of halogens is 1. The predicted octanol–water partition coefficient (Wildman–Crippen LogP) is 2.94. The molecule has 0 bridgehead atoms. The molecule has 17 heavy (non-hydrogen) atoms. The van der Waals surface area contributed by atoms with Crippen molar-refractivity contribution in [3.05, 3.63) is 15.9 Å². The van der Waals surface area contributed by atoms with Crippen LogP contribution in [0.5, 0.6) is 0 Å². The van der Waals surface area contributed by atoms with Gasteiger partial charge in [0, 0.05) is 19.5 Å². The first-order chi connectivity index (χ1) is 8.08. The Morgan fingerprint density at radius 3 is 2.65 bits per heavy atom. The molecule has 1 aromatic rings. The van der Waals surface area contributed by atoms with Crippen LogP contribution in [0, 0.1) is 12.8 Å². The molecule has 96 valence electrons. The van der Waals surface area contributed by atoms with Crippen LogP contribution >= 0.6 is 15.9 Å². The SMILES string of the molecule is Cc1nn(C)c(CC(N)CC2CCCC2)c1Br. The molecule has 4 heteroatoms. The zero-order valence-electron chi connectivity index (χ0n) is 10.7. The minimum atomic E-state index is 0.268. The molecule has 0 spiro atoms. The summed E-state index contributed by atoms with van der Waals surface area (Å²) in [6.45, 7) is 2.02. The molecule has 0 aromatic carbocycles. The van der Waals surface area contributed by atoms with Crippen molar-refractivity contribution in [3.8, 4) is 0 Å². The molecule has 1 atom stereocenters. The van der Waals surface area contributed by atoms with E-state index < -0.39 is 0 Å². The second-order valence-corrected chi connectivity index (χ2v) is 6.11. The Hall–Kier alpha value is -0.350. The maximum Gasteiger partial charge on any atom is 0.0738 e. The van der Waals surface area contributed by atoms with E-state index in [0.29, 0.717) is 0 Å². The fourth-order valence-corrected chi connectivity index (χ4v) is 3.41. The summed E-state index contributed by atoms with van der Waals surface area (Å²) in [5, 5.41) is 4.41. The van der Waals surface area contributed by atoms with Gasteiger partial charge in [0.05, 0.1) is 15.9 Å². The molecule has 2 N–H and O–H groups in total. The quantitative estimate of drug-likeness (QED) is 0.929. The van der Waals surface area contributed by atoms with Crippen molar-refractivity contribution in [2.75, 3.05) is 0 Å². The van der Waals surface area contributed by atoms with E-state index in [4.69, 9.17) is 5.73 Å². The molecule has 1 heterocycles. The third-order valence-corrected chi connectivity index (χ3v) is 4.86. The molecule has 1 aromatic heterocycles. The Kier molecular flexibility index (Phi) is 4.26. The molecule has 0 radical (unpaired) electrons. The van der Waals surface area contributed by atoms with Gasteiger partial charge in [0.1, 0.15) is 0 Å². The third-order valence-electron chi connectivity index (χ3n) is 3.83. The number of nitrogens with two attached hydrogens (primary N) is 1.